The third-order valence-corrected chi connectivity index (χ3v) is 6.12. The Kier molecular flexibility index (Phi) is 7.31. The van der Waals surface area contributed by atoms with E-state index in [0.29, 0.717) is 39.8 Å². The highest BCUT2D eigenvalue weighted by Gasteiger charge is 2.57. The largest absolute Gasteiger partial charge is 0.489 e. The van der Waals surface area contributed by atoms with Gasteiger partial charge < -0.3 is 20.1 Å². The normalized spacial score (nSPS) is 14.9. The molecule has 2 N–H and O–H groups in total. The van der Waals surface area contributed by atoms with Crippen LogP contribution in [-0.2, 0) is 27.4 Å². The molecule has 1 aliphatic rings. The van der Waals surface area contributed by atoms with E-state index in [4.69, 9.17) is 27.9 Å². The first-order chi connectivity index (χ1) is 15.1. The van der Waals surface area contributed by atoms with E-state index < -0.39 is 23.3 Å². The molecule has 0 radical (unpaired) electrons. The van der Waals surface area contributed by atoms with Crippen LogP contribution in [0.4, 0.5) is 0 Å². The number of benzene rings is 2. The van der Waals surface area contributed by atoms with Crippen molar-refractivity contribution in [2.45, 2.75) is 31.9 Å². The zero-order valence-corrected chi connectivity index (χ0v) is 19.2. The Labute approximate surface area is 196 Å². The van der Waals surface area contributed by atoms with Crippen LogP contribution in [0.2, 0.25) is 10.0 Å². The summed E-state index contributed by atoms with van der Waals surface area (Å²) in [7, 11) is 3.15. The van der Waals surface area contributed by atoms with Gasteiger partial charge in [-0.15, -0.1) is 0 Å². The summed E-state index contributed by atoms with van der Waals surface area (Å²) >= 11 is 12.3. The third kappa shape index (κ3) is 5.34. The molecule has 0 aliphatic heterocycles. The molecule has 170 valence electrons. The molecule has 32 heavy (non-hydrogen) atoms. The van der Waals surface area contributed by atoms with Gasteiger partial charge in [-0.3, -0.25) is 9.59 Å². The predicted molar refractivity (Wildman–Crippen MR) is 121 cm³/mol. The van der Waals surface area contributed by atoms with Crippen LogP contribution < -0.4 is 10.1 Å². The Morgan fingerprint density at radius 3 is 2.19 bits per heavy atom. The van der Waals surface area contributed by atoms with Crippen LogP contribution in [0.5, 0.6) is 5.75 Å². The van der Waals surface area contributed by atoms with Gasteiger partial charge in [-0.25, -0.2) is 4.79 Å². The van der Waals surface area contributed by atoms with Crippen LogP contribution in [0.15, 0.2) is 42.5 Å². The van der Waals surface area contributed by atoms with E-state index in [-0.39, 0.29) is 18.9 Å². The molecule has 1 fully saturated rings. The summed E-state index contributed by atoms with van der Waals surface area (Å²) in [5.74, 6) is -1.45. The van der Waals surface area contributed by atoms with Crippen LogP contribution in [0.1, 0.15) is 24.0 Å². The maximum absolute atomic E-state index is 12.6. The highest BCUT2D eigenvalue weighted by molar-refractivity contribution is 6.35. The second kappa shape index (κ2) is 9.79. The van der Waals surface area contributed by atoms with Crippen LogP contribution in [0.25, 0.3) is 0 Å². The van der Waals surface area contributed by atoms with E-state index in [1.165, 1.54) is 4.90 Å². The van der Waals surface area contributed by atoms with Crippen molar-refractivity contribution in [3.05, 3.63) is 63.6 Å². The molecule has 2 aromatic rings. The maximum Gasteiger partial charge on any atom is 0.326 e. The van der Waals surface area contributed by atoms with E-state index >= 15 is 0 Å². The number of carbonyl (C=O) groups is 3. The summed E-state index contributed by atoms with van der Waals surface area (Å²) in [6.45, 7) is 0.188. The van der Waals surface area contributed by atoms with Crippen LogP contribution >= 0.6 is 23.2 Å². The molecule has 0 unspecified atom stereocenters. The molecule has 7 nitrogen and oxygen atoms in total. The number of amides is 2. The lowest BCUT2D eigenvalue weighted by Gasteiger charge is -2.22. The molecule has 1 aliphatic carbocycles. The number of halogens is 2. The lowest BCUT2D eigenvalue weighted by atomic mass is 10.0. The van der Waals surface area contributed by atoms with Crippen molar-refractivity contribution in [1.29, 1.82) is 0 Å². The van der Waals surface area contributed by atoms with Crippen molar-refractivity contribution < 1.29 is 24.2 Å². The molecule has 0 spiro atoms. The van der Waals surface area contributed by atoms with Crippen LogP contribution in [-0.4, -0.2) is 47.9 Å². The molecule has 3 rings (SSSR count). The second-order valence-corrected chi connectivity index (χ2v) is 8.80. The highest BCUT2D eigenvalue weighted by atomic mass is 35.5. The fourth-order valence-corrected chi connectivity index (χ4v) is 3.88. The van der Waals surface area contributed by atoms with Gasteiger partial charge >= 0.3 is 5.97 Å². The lowest BCUT2D eigenvalue weighted by Crippen LogP contribution is -2.49. The zero-order valence-electron chi connectivity index (χ0n) is 17.7. The molecule has 1 saturated carbocycles. The van der Waals surface area contributed by atoms with E-state index in [9.17, 15) is 19.5 Å². The van der Waals surface area contributed by atoms with Gasteiger partial charge in [-0.1, -0.05) is 41.4 Å². The van der Waals surface area contributed by atoms with E-state index in [1.54, 1.807) is 56.6 Å². The third-order valence-electron chi connectivity index (χ3n) is 5.41. The monoisotopic (exact) mass is 478 g/mol. The minimum Gasteiger partial charge on any atom is -0.489 e. The lowest BCUT2D eigenvalue weighted by molar-refractivity contribution is -0.147. The number of carbonyl (C=O) groups excluding carboxylic acids is 2. The Morgan fingerprint density at radius 1 is 1.09 bits per heavy atom. The van der Waals surface area contributed by atoms with Gasteiger partial charge in [-0.2, -0.15) is 0 Å². The van der Waals surface area contributed by atoms with Crippen molar-refractivity contribution in [2.24, 2.45) is 5.41 Å². The van der Waals surface area contributed by atoms with E-state index in [0.717, 1.165) is 0 Å². The Balaban J connectivity index is 1.62. The summed E-state index contributed by atoms with van der Waals surface area (Å²) in [6, 6.07) is 10.9. The Hall–Kier alpha value is -2.77. The summed E-state index contributed by atoms with van der Waals surface area (Å²) in [5.41, 5.74) is 0.231. The van der Waals surface area contributed by atoms with Gasteiger partial charge in [-0.05, 0) is 42.7 Å². The first-order valence-corrected chi connectivity index (χ1v) is 10.8. The minimum atomic E-state index is -1.17. The van der Waals surface area contributed by atoms with Crippen molar-refractivity contribution in [3.8, 4) is 5.75 Å². The molecule has 0 aromatic heterocycles. The second-order valence-electron chi connectivity index (χ2n) is 7.98. The first-order valence-electron chi connectivity index (χ1n) is 10.0. The average molecular weight is 479 g/mol. The van der Waals surface area contributed by atoms with Gasteiger partial charge in [0.1, 0.15) is 23.8 Å². The quantitative estimate of drug-likeness (QED) is 0.537. The van der Waals surface area contributed by atoms with Gasteiger partial charge in [0.05, 0.1) is 0 Å². The van der Waals surface area contributed by atoms with Crippen molar-refractivity contribution in [2.75, 3.05) is 14.1 Å². The fourth-order valence-electron chi connectivity index (χ4n) is 3.37. The summed E-state index contributed by atoms with van der Waals surface area (Å²) < 4.78 is 5.73. The van der Waals surface area contributed by atoms with Gasteiger partial charge in [0.2, 0.25) is 11.8 Å². The Morgan fingerprint density at radius 2 is 1.69 bits per heavy atom. The van der Waals surface area contributed by atoms with Crippen LogP contribution in [0.3, 0.4) is 0 Å². The molecule has 1 atom stereocenters. The molecule has 0 saturated heterocycles. The van der Waals surface area contributed by atoms with Crippen LogP contribution in [0, 0.1) is 5.41 Å². The van der Waals surface area contributed by atoms with Crippen molar-refractivity contribution in [3.63, 3.8) is 0 Å². The number of nitrogens with zero attached hydrogens (tertiary/aromatic N) is 1. The molecular weight excluding hydrogens is 455 g/mol. The van der Waals surface area contributed by atoms with Gasteiger partial charge in [0.15, 0.2) is 0 Å². The average Bonchev–Trinajstić information content (AvgIpc) is 3.55. The van der Waals surface area contributed by atoms with Crippen molar-refractivity contribution in [1.82, 2.24) is 10.2 Å². The molecule has 0 heterocycles. The van der Waals surface area contributed by atoms with E-state index in [2.05, 4.69) is 5.32 Å². The highest BCUT2D eigenvalue weighted by Crippen LogP contribution is 2.47. The standard InChI is InChI=1S/C23H24Cl2N2O5/c1-27(2)22(31)23(10-11-23)21(30)26-19(20(28)29)12-14-6-8-15(9-7-14)32-13-16-17(24)4-3-5-18(16)25/h3-9,19H,10-13H2,1-2H3,(H,26,30)(H,28,29)/t19-/m0/s1. The number of hydrogen-bond acceptors (Lipinski definition) is 4. The summed E-state index contributed by atoms with van der Waals surface area (Å²) in [4.78, 5) is 38.0. The number of aliphatic carboxylic acids is 1. The molecule has 9 heteroatoms. The maximum atomic E-state index is 12.6. The zero-order chi connectivity index (χ0) is 23.5. The summed E-state index contributed by atoms with van der Waals surface area (Å²) in [6.07, 6.45) is 0.914. The fraction of sp³-hybridized carbons (Fsp3) is 0.348. The smallest absolute Gasteiger partial charge is 0.326 e. The SMILES string of the molecule is CN(C)C(=O)C1(C(=O)N[C@@H](Cc2ccc(OCc3c(Cl)cccc3Cl)cc2)C(=O)O)CC1. The number of carboxylic acid groups (broad SMARTS) is 1. The number of rotatable bonds is 9. The van der Waals surface area contributed by atoms with E-state index in [1.807, 2.05) is 0 Å². The Bertz CT molecular complexity index is 999. The molecular formula is C23H24Cl2N2O5. The number of ether oxygens (including phenoxy) is 1. The molecule has 0 bridgehead atoms. The first kappa shape index (κ1) is 23.9. The molecule has 2 aromatic carbocycles. The minimum absolute atomic E-state index is 0.0733. The number of nitrogens with one attached hydrogen (secondary N) is 1. The van der Waals surface area contributed by atoms with Gasteiger partial charge in [0.25, 0.3) is 0 Å². The van der Waals surface area contributed by atoms with Crippen molar-refractivity contribution >= 4 is 41.0 Å². The number of hydrogen-bond donors (Lipinski definition) is 2. The number of carboxylic acids is 1. The van der Waals surface area contributed by atoms with Gasteiger partial charge in [0, 0.05) is 36.1 Å². The topological polar surface area (TPSA) is 95.9 Å². The summed E-state index contributed by atoms with van der Waals surface area (Å²) in [5, 5.41) is 13.1. The predicted octanol–water partition coefficient (Wildman–Crippen LogP) is 3.55. The molecule has 2 amide bonds.